The fourth-order valence-corrected chi connectivity index (χ4v) is 4.91. The Hall–Kier alpha value is -1.67. The molecule has 0 heterocycles. The molecule has 3 amide bonds. The van der Waals surface area contributed by atoms with Crippen molar-refractivity contribution >= 4 is 17.7 Å². The summed E-state index contributed by atoms with van der Waals surface area (Å²) in [6.07, 6.45) is 22.2. The van der Waals surface area contributed by atoms with E-state index in [1.807, 2.05) is 0 Å². The van der Waals surface area contributed by atoms with Gasteiger partial charge in [-0.25, -0.2) is 0 Å². The average molecular weight is 568 g/mol. The quantitative estimate of drug-likeness (QED) is 0.0747. The Labute approximate surface area is 246 Å². The van der Waals surface area contributed by atoms with Gasteiger partial charge in [0.25, 0.3) is 0 Å². The van der Waals surface area contributed by atoms with Crippen LogP contribution in [0.4, 0.5) is 0 Å². The van der Waals surface area contributed by atoms with Crippen molar-refractivity contribution in [2.45, 2.75) is 167 Å². The number of nitrogens with one attached hydrogen (secondary N) is 3. The lowest BCUT2D eigenvalue weighted by Gasteiger charge is -2.18. The smallest absolute Gasteiger partial charge is 0.242 e. The van der Waals surface area contributed by atoms with Gasteiger partial charge in [0, 0.05) is 25.4 Å². The number of hydrogen-bond acceptors (Lipinski definition) is 5. The first kappa shape index (κ1) is 38.3. The van der Waals surface area contributed by atoms with Crippen molar-refractivity contribution in [1.82, 2.24) is 16.0 Å². The van der Waals surface area contributed by atoms with Gasteiger partial charge in [0.15, 0.2) is 0 Å². The third-order valence-corrected chi connectivity index (χ3v) is 7.48. The molecule has 8 heteroatoms. The zero-order valence-corrected chi connectivity index (χ0v) is 26.2. The highest BCUT2D eigenvalue weighted by molar-refractivity contribution is 5.87. The van der Waals surface area contributed by atoms with Crippen LogP contribution in [0.15, 0.2) is 0 Å². The molecule has 2 unspecified atom stereocenters. The summed E-state index contributed by atoms with van der Waals surface area (Å²) in [7, 11) is 0. The first-order valence-electron chi connectivity index (χ1n) is 16.7. The van der Waals surface area contributed by atoms with Crippen LogP contribution >= 0.6 is 0 Å². The summed E-state index contributed by atoms with van der Waals surface area (Å²) in [5.74, 6) is 0.0209. The lowest BCUT2D eigenvalue weighted by molar-refractivity contribution is -0.129. The number of rotatable bonds is 29. The lowest BCUT2D eigenvalue weighted by Crippen LogP contribution is -2.47. The molecule has 40 heavy (non-hydrogen) atoms. The molecule has 0 saturated carbocycles. The van der Waals surface area contributed by atoms with Gasteiger partial charge in [-0.05, 0) is 71.4 Å². The molecule has 0 rings (SSSR count). The van der Waals surface area contributed by atoms with Gasteiger partial charge in [-0.2, -0.15) is 0 Å². The summed E-state index contributed by atoms with van der Waals surface area (Å²) in [6, 6.07) is -0.268. The predicted octanol–water partition coefficient (Wildman–Crippen LogP) is 5.61. The maximum Gasteiger partial charge on any atom is 0.242 e. The van der Waals surface area contributed by atoms with Crippen LogP contribution in [0.3, 0.4) is 0 Å². The number of unbranched alkanes of at least 4 members (excludes halogenated alkanes) is 14. The minimum atomic E-state index is -0.478. The number of carbonyl (C=O) groups excluding carboxylic acids is 3. The predicted molar refractivity (Wildman–Crippen MR) is 168 cm³/mol. The van der Waals surface area contributed by atoms with E-state index in [1.54, 1.807) is 0 Å². The maximum absolute atomic E-state index is 12.8. The highest BCUT2D eigenvalue weighted by Crippen LogP contribution is 2.11. The fraction of sp³-hybridized carbons (Fsp3) is 0.906. The van der Waals surface area contributed by atoms with Crippen LogP contribution in [-0.4, -0.2) is 49.4 Å². The van der Waals surface area contributed by atoms with Crippen molar-refractivity contribution in [3.63, 3.8) is 0 Å². The van der Waals surface area contributed by atoms with Gasteiger partial charge in [-0.15, -0.1) is 0 Å². The molecule has 0 aliphatic heterocycles. The molecular weight excluding hydrogens is 502 g/mol. The normalized spacial score (nSPS) is 12.6. The van der Waals surface area contributed by atoms with Gasteiger partial charge < -0.3 is 27.4 Å². The second-order valence-corrected chi connectivity index (χ2v) is 11.5. The molecule has 0 radical (unpaired) electrons. The Morgan fingerprint density at radius 2 is 1.05 bits per heavy atom. The van der Waals surface area contributed by atoms with Gasteiger partial charge in [0.2, 0.25) is 17.7 Å². The first-order chi connectivity index (χ1) is 19.4. The molecule has 0 bridgehead atoms. The second-order valence-electron chi connectivity index (χ2n) is 11.5. The Kier molecular flexibility index (Phi) is 27.6. The molecule has 0 aliphatic carbocycles. The molecule has 0 fully saturated rings. The Morgan fingerprint density at radius 1 is 0.575 bits per heavy atom. The van der Waals surface area contributed by atoms with Crippen LogP contribution < -0.4 is 27.4 Å². The number of nitrogens with two attached hydrogens (primary N) is 2. The third-order valence-electron chi connectivity index (χ3n) is 7.48. The van der Waals surface area contributed by atoms with Crippen LogP contribution in [0.25, 0.3) is 0 Å². The molecule has 8 nitrogen and oxygen atoms in total. The van der Waals surface area contributed by atoms with E-state index in [0.717, 1.165) is 77.0 Å². The molecular formula is C32H65N5O3. The minimum absolute atomic E-state index is 0.0233. The molecule has 0 aromatic heterocycles. The first-order valence-corrected chi connectivity index (χ1v) is 16.7. The van der Waals surface area contributed by atoms with E-state index in [0.29, 0.717) is 38.9 Å². The van der Waals surface area contributed by atoms with Crippen molar-refractivity contribution in [2.24, 2.45) is 11.5 Å². The van der Waals surface area contributed by atoms with Crippen molar-refractivity contribution < 1.29 is 14.4 Å². The molecule has 7 N–H and O–H groups in total. The SMILES string of the molecule is CCCCCCCCCCCC(=O)NC(CCCCN)C(=O)NCCCCCCCC(=O)NC(C)CCCCN. The largest absolute Gasteiger partial charge is 0.354 e. The van der Waals surface area contributed by atoms with Gasteiger partial charge >= 0.3 is 0 Å². The highest BCUT2D eigenvalue weighted by atomic mass is 16.2. The van der Waals surface area contributed by atoms with Crippen LogP contribution in [-0.2, 0) is 14.4 Å². The number of carbonyl (C=O) groups is 3. The molecule has 0 aromatic carbocycles. The summed E-state index contributed by atoms with van der Waals surface area (Å²) in [5, 5.41) is 9.05. The standard InChI is InChI=1S/C32H65N5O3/c1-3-4-5-6-7-8-9-11-15-24-31(39)37-29(22-17-19-26-34)32(40)35-27-20-13-10-12-14-23-30(38)36-28(2)21-16-18-25-33/h28-29H,3-27,33-34H2,1-2H3,(H,35,40)(H,36,38)(H,37,39). The molecule has 0 spiro atoms. The van der Waals surface area contributed by atoms with E-state index in [9.17, 15) is 14.4 Å². The average Bonchev–Trinajstić information content (AvgIpc) is 2.93. The Morgan fingerprint density at radius 3 is 1.60 bits per heavy atom. The van der Waals surface area contributed by atoms with Gasteiger partial charge in [-0.1, -0.05) is 84.0 Å². The van der Waals surface area contributed by atoms with Crippen LogP contribution in [0, 0.1) is 0 Å². The van der Waals surface area contributed by atoms with Crippen molar-refractivity contribution in [3.8, 4) is 0 Å². The molecule has 2 atom stereocenters. The summed E-state index contributed by atoms with van der Waals surface area (Å²) >= 11 is 0. The molecule has 236 valence electrons. The maximum atomic E-state index is 12.8. The number of hydrogen-bond donors (Lipinski definition) is 5. The highest BCUT2D eigenvalue weighted by Gasteiger charge is 2.19. The minimum Gasteiger partial charge on any atom is -0.354 e. The zero-order valence-electron chi connectivity index (χ0n) is 26.2. The van der Waals surface area contributed by atoms with E-state index in [1.165, 1.54) is 44.9 Å². The van der Waals surface area contributed by atoms with E-state index in [-0.39, 0.29) is 23.8 Å². The van der Waals surface area contributed by atoms with E-state index in [2.05, 4.69) is 29.8 Å². The lowest BCUT2D eigenvalue weighted by atomic mass is 10.1. The van der Waals surface area contributed by atoms with Crippen LogP contribution in [0.2, 0.25) is 0 Å². The van der Waals surface area contributed by atoms with Crippen molar-refractivity contribution in [2.75, 3.05) is 19.6 Å². The topological polar surface area (TPSA) is 139 Å². The van der Waals surface area contributed by atoms with Crippen molar-refractivity contribution in [3.05, 3.63) is 0 Å². The summed E-state index contributed by atoms with van der Waals surface area (Å²) in [5.41, 5.74) is 11.1. The Balaban J connectivity index is 4.02. The molecule has 0 aromatic rings. The zero-order chi connectivity index (χ0) is 29.7. The van der Waals surface area contributed by atoms with Gasteiger partial charge in [0.05, 0.1) is 0 Å². The number of amides is 3. The van der Waals surface area contributed by atoms with Crippen LogP contribution in [0.1, 0.15) is 155 Å². The summed E-state index contributed by atoms with van der Waals surface area (Å²) in [6.45, 7) is 6.20. The fourth-order valence-electron chi connectivity index (χ4n) is 4.91. The van der Waals surface area contributed by atoms with E-state index >= 15 is 0 Å². The summed E-state index contributed by atoms with van der Waals surface area (Å²) in [4.78, 5) is 37.3. The van der Waals surface area contributed by atoms with Gasteiger partial charge in [0.1, 0.15) is 6.04 Å². The molecule has 0 aliphatic rings. The van der Waals surface area contributed by atoms with Gasteiger partial charge in [-0.3, -0.25) is 14.4 Å². The van der Waals surface area contributed by atoms with Crippen LogP contribution in [0.5, 0.6) is 0 Å². The summed E-state index contributed by atoms with van der Waals surface area (Å²) < 4.78 is 0. The monoisotopic (exact) mass is 568 g/mol. The van der Waals surface area contributed by atoms with E-state index in [4.69, 9.17) is 11.5 Å². The molecule has 0 saturated heterocycles. The Bertz CT molecular complexity index is 617. The van der Waals surface area contributed by atoms with E-state index < -0.39 is 6.04 Å². The van der Waals surface area contributed by atoms with Crippen molar-refractivity contribution in [1.29, 1.82) is 0 Å². The third kappa shape index (κ3) is 25.3. The second kappa shape index (κ2) is 28.8.